The Labute approximate surface area is 111 Å². The summed E-state index contributed by atoms with van der Waals surface area (Å²) in [5.41, 5.74) is 6.57. The largest absolute Gasteiger partial charge is 0.275 e. The maximum atomic E-state index is 4.49. The molecule has 0 saturated carbocycles. The van der Waals surface area contributed by atoms with E-state index in [-0.39, 0.29) is 0 Å². The van der Waals surface area contributed by atoms with Gasteiger partial charge in [0.1, 0.15) is 0 Å². The molecule has 0 fully saturated rings. The van der Waals surface area contributed by atoms with Gasteiger partial charge >= 0.3 is 0 Å². The minimum atomic E-state index is 1.04. The van der Waals surface area contributed by atoms with Crippen LogP contribution in [0.1, 0.15) is 44.4 Å². The maximum Gasteiger partial charge on any atom is 0.0961 e. The molecule has 0 unspecified atom stereocenters. The van der Waals surface area contributed by atoms with Crippen LogP contribution >= 0.6 is 0 Å². The molecule has 0 saturated heterocycles. The predicted molar refractivity (Wildman–Crippen MR) is 78.9 cm³/mol. The number of hydrogen-bond acceptors (Lipinski definition) is 1. The molecule has 1 aliphatic rings. The van der Waals surface area contributed by atoms with E-state index < -0.39 is 0 Å². The second-order valence-electron chi connectivity index (χ2n) is 4.01. The van der Waals surface area contributed by atoms with Crippen LogP contribution in [0.4, 0.5) is 0 Å². The standard InChI is InChI=1S/C12H12N2.2C2H6/c1-8-3-4-9-6-10-7-14(2)13-12(10)11(9)5-8;2*1-2/h3-5,7H,6H2,1-2H3;2*1-2H3. The van der Waals surface area contributed by atoms with Gasteiger partial charge in [-0.25, -0.2) is 0 Å². The van der Waals surface area contributed by atoms with E-state index in [1.165, 1.54) is 27.9 Å². The Morgan fingerprint density at radius 3 is 2.39 bits per heavy atom. The zero-order valence-electron chi connectivity index (χ0n) is 12.4. The Bertz CT molecular complexity index is 510. The molecule has 0 radical (unpaired) electrons. The lowest BCUT2D eigenvalue weighted by molar-refractivity contribution is 0.768. The van der Waals surface area contributed by atoms with Crippen LogP contribution < -0.4 is 0 Å². The average molecular weight is 244 g/mol. The lowest BCUT2D eigenvalue weighted by atomic mass is 10.1. The van der Waals surface area contributed by atoms with Gasteiger partial charge in [-0.2, -0.15) is 5.10 Å². The van der Waals surface area contributed by atoms with E-state index in [0.717, 1.165) is 6.42 Å². The van der Waals surface area contributed by atoms with Gasteiger partial charge < -0.3 is 0 Å². The summed E-state index contributed by atoms with van der Waals surface area (Å²) < 4.78 is 1.90. The van der Waals surface area contributed by atoms with Crippen LogP contribution in [-0.2, 0) is 13.5 Å². The molecule has 1 aliphatic carbocycles. The topological polar surface area (TPSA) is 17.8 Å². The summed E-state index contributed by atoms with van der Waals surface area (Å²) in [5.74, 6) is 0. The van der Waals surface area contributed by atoms with Crippen LogP contribution in [0.3, 0.4) is 0 Å². The van der Waals surface area contributed by atoms with E-state index in [1.807, 2.05) is 39.4 Å². The van der Waals surface area contributed by atoms with Crippen molar-refractivity contribution in [2.75, 3.05) is 0 Å². The summed E-state index contributed by atoms with van der Waals surface area (Å²) in [6.07, 6.45) is 3.16. The number of nitrogens with zero attached hydrogens (tertiary/aromatic N) is 2. The number of benzene rings is 1. The van der Waals surface area contributed by atoms with E-state index in [4.69, 9.17) is 0 Å². The molecule has 2 heteroatoms. The molecule has 0 aliphatic heterocycles. The lowest BCUT2D eigenvalue weighted by Gasteiger charge is -2.00. The van der Waals surface area contributed by atoms with E-state index in [9.17, 15) is 0 Å². The van der Waals surface area contributed by atoms with Crippen LogP contribution in [-0.4, -0.2) is 9.78 Å². The first-order chi connectivity index (χ1) is 8.74. The van der Waals surface area contributed by atoms with Crippen LogP contribution in [0.2, 0.25) is 0 Å². The fraction of sp³-hybridized carbons (Fsp3) is 0.438. The number of aryl methyl sites for hydroxylation is 2. The molecule has 0 bridgehead atoms. The minimum Gasteiger partial charge on any atom is -0.275 e. The normalized spacial score (nSPS) is 10.6. The van der Waals surface area contributed by atoms with Crippen LogP contribution in [0.5, 0.6) is 0 Å². The van der Waals surface area contributed by atoms with E-state index >= 15 is 0 Å². The Morgan fingerprint density at radius 1 is 1.06 bits per heavy atom. The van der Waals surface area contributed by atoms with E-state index in [2.05, 4.69) is 36.4 Å². The van der Waals surface area contributed by atoms with Crippen molar-refractivity contribution in [3.8, 4) is 11.3 Å². The first-order valence-corrected chi connectivity index (χ1v) is 6.86. The van der Waals surface area contributed by atoms with Crippen LogP contribution in [0.25, 0.3) is 11.3 Å². The molecule has 18 heavy (non-hydrogen) atoms. The van der Waals surface area contributed by atoms with Crippen molar-refractivity contribution >= 4 is 0 Å². The van der Waals surface area contributed by atoms with Crippen molar-refractivity contribution in [2.45, 2.75) is 41.0 Å². The number of hydrogen-bond donors (Lipinski definition) is 0. The third-order valence-corrected chi connectivity index (χ3v) is 2.81. The third-order valence-electron chi connectivity index (χ3n) is 2.81. The number of fused-ring (bicyclic) bond motifs is 3. The molecular weight excluding hydrogens is 220 g/mol. The van der Waals surface area contributed by atoms with Gasteiger partial charge in [-0.05, 0) is 18.6 Å². The van der Waals surface area contributed by atoms with Gasteiger partial charge in [0.2, 0.25) is 0 Å². The fourth-order valence-electron chi connectivity index (χ4n) is 2.16. The lowest BCUT2D eigenvalue weighted by Crippen LogP contribution is -1.90. The zero-order chi connectivity index (χ0) is 13.7. The van der Waals surface area contributed by atoms with Crippen LogP contribution in [0, 0.1) is 6.92 Å². The summed E-state index contributed by atoms with van der Waals surface area (Å²) >= 11 is 0. The van der Waals surface area contributed by atoms with Gasteiger partial charge in [0.15, 0.2) is 0 Å². The maximum absolute atomic E-state index is 4.49. The Morgan fingerprint density at radius 2 is 1.72 bits per heavy atom. The number of aromatic nitrogens is 2. The monoisotopic (exact) mass is 244 g/mol. The smallest absolute Gasteiger partial charge is 0.0961 e. The van der Waals surface area contributed by atoms with Crippen molar-refractivity contribution in [1.29, 1.82) is 0 Å². The SMILES string of the molecule is CC.CC.Cc1ccc2c(c1)-c1nn(C)cc1C2. The van der Waals surface area contributed by atoms with Crippen molar-refractivity contribution in [2.24, 2.45) is 7.05 Å². The highest BCUT2D eigenvalue weighted by atomic mass is 15.3. The second kappa shape index (κ2) is 6.39. The molecule has 1 aromatic heterocycles. The van der Waals surface area contributed by atoms with Crippen molar-refractivity contribution < 1.29 is 0 Å². The highest BCUT2D eigenvalue weighted by Gasteiger charge is 2.21. The highest BCUT2D eigenvalue weighted by Crippen LogP contribution is 2.35. The molecule has 3 rings (SSSR count). The Hall–Kier alpha value is -1.57. The molecule has 0 N–H and O–H groups in total. The average Bonchev–Trinajstić information content (AvgIpc) is 2.91. The van der Waals surface area contributed by atoms with Gasteiger partial charge in [-0.15, -0.1) is 0 Å². The molecule has 2 nitrogen and oxygen atoms in total. The Kier molecular flexibility index (Phi) is 5.14. The van der Waals surface area contributed by atoms with E-state index in [1.54, 1.807) is 0 Å². The molecule has 2 aromatic rings. The van der Waals surface area contributed by atoms with E-state index in [0.29, 0.717) is 0 Å². The van der Waals surface area contributed by atoms with Crippen molar-refractivity contribution in [3.63, 3.8) is 0 Å². The summed E-state index contributed by atoms with van der Waals surface area (Å²) in [4.78, 5) is 0. The first-order valence-electron chi connectivity index (χ1n) is 6.86. The number of rotatable bonds is 0. The van der Waals surface area contributed by atoms with Crippen molar-refractivity contribution in [1.82, 2.24) is 9.78 Å². The molecular formula is C16H24N2. The summed E-state index contributed by atoms with van der Waals surface area (Å²) in [7, 11) is 1.98. The van der Waals surface area contributed by atoms with Gasteiger partial charge in [-0.1, -0.05) is 45.4 Å². The molecule has 0 atom stereocenters. The summed E-state index contributed by atoms with van der Waals surface area (Å²) in [6, 6.07) is 6.62. The molecule has 98 valence electrons. The second-order valence-corrected chi connectivity index (χ2v) is 4.01. The molecule has 0 amide bonds. The minimum absolute atomic E-state index is 1.04. The zero-order valence-corrected chi connectivity index (χ0v) is 12.4. The molecule has 1 heterocycles. The predicted octanol–water partition coefficient (Wildman–Crippen LogP) is 4.35. The summed E-state index contributed by atoms with van der Waals surface area (Å²) in [5, 5.41) is 4.49. The highest BCUT2D eigenvalue weighted by molar-refractivity contribution is 5.73. The van der Waals surface area contributed by atoms with Gasteiger partial charge in [0.05, 0.1) is 5.69 Å². The summed E-state index contributed by atoms with van der Waals surface area (Å²) in [6.45, 7) is 10.1. The first kappa shape index (κ1) is 14.5. The molecule has 0 spiro atoms. The Balaban J connectivity index is 0.000000371. The molecule has 1 aromatic carbocycles. The van der Waals surface area contributed by atoms with Gasteiger partial charge in [-0.3, -0.25) is 4.68 Å². The van der Waals surface area contributed by atoms with Gasteiger partial charge in [0.25, 0.3) is 0 Å². The quantitative estimate of drug-likeness (QED) is 0.575. The van der Waals surface area contributed by atoms with Gasteiger partial charge in [0, 0.05) is 30.8 Å². The third kappa shape index (κ3) is 2.63. The fourth-order valence-corrected chi connectivity index (χ4v) is 2.16. The van der Waals surface area contributed by atoms with Crippen LogP contribution in [0.15, 0.2) is 24.4 Å². The van der Waals surface area contributed by atoms with Crippen molar-refractivity contribution in [3.05, 3.63) is 41.1 Å².